The van der Waals surface area contributed by atoms with E-state index in [1.54, 1.807) is 6.07 Å². The van der Waals surface area contributed by atoms with Crippen molar-refractivity contribution in [1.82, 2.24) is 4.98 Å². The van der Waals surface area contributed by atoms with Gasteiger partial charge in [-0.05, 0) is 18.2 Å². The van der Waals surface area contributed by atoms with Gasteiger partial charge in [0.2, 0.25) is 0 Å². The zero-order valence-corrected chi connectivity index (χ0v) is 9.16. The highest BCUT2D eigenvalue weighted by atomic mass is 16.4. The van der Waals surface area contributed by atoms with Crippen molar-refractivity contribution in [2.75, 3.05) is 6.54 Å². The molecule has 2 aromatic rings. The Kier molecular flexibility index (Phi) is 3.12. The number of aromatic nitrogens is 1. The van der Waals surface area contributed by atoms with Crippen LogP contribution < -0.4 is 5.73 Å². The van der Waals surface area contributed by atoms with Crippen LogP contribution >= 0.6 is 0 Å². The quantitative estimate of drug-likeness (QED) is 0.682. The molecule has 1 aromatic heterocycles. The number of nitrogens with one attached hydrogen (secondary N) is 1. The van der Waals surface area contributed by atoms with Gasteiger partial charge in [0.15, 0.2) is 0 Å². The zero-order chi connectivity index (χ0) is 12.3. The number of carbonyl (C=O) groups is 1. The summed E-state index contributed by atoms with van der Waals surface area (Å²) < 4.78 is 0. The molecule has 0 bridgehead atoms. The fraction of sp³-hybridized carbons (Fsp3) is 0.154. The summed E-state index contributed by atoms with van der Waals surface area (Å²) in [5, 5.41) is 9.72. The van der Waals surface area contributed by atoms with Gasteiger partial charge < -0.3 is 15.8 Å². The number of H-pyrrole nitrogens is 1. The number of aromatic carboxylic acids is 1. The van der Waals surface area contributed by atoms with Crippen molar-refractivity contribution < 1.29 is 9.90 Å². The lowest BCUT2D eigenvalue weighted by molar-refractivity contribution is 0.0691. The van der Waals surface area contributed by atoms with Crippen molar-refractivity contribution in [2.45, 2.75) is 6.42 Å². The number of nitrogens with two attached hydrogens (primary N) is 1. The molecule has 17 heavy (non-hydrogen) atoms. The normalized spacial score (nSPS) is 9.94. The largest absolute Gasteiger partial charge is 0.477 e. The van der Waals surface area contributed by atoms with E-state index < -0.39 is 5.97 Å². The third-order valence-electron chi connectivity index (χ3n) is 2.35. The van der Waals surface area contributed by atoms with Gasteiger partial charge in [0.25, 0.3) is 0 Å². The SMILES string of the molecule is NCCC#Cc1ccc2cc(C(=O)O)[nH]c2c1. The van der Waals surface area contributed by atoms with Gasteiger partial charge in [-0.2, -0.15) is 0 Å². The fourth-order valence-corrected chi connectivity index (χ4v) is 1.56. The number of hydrogen-bond acceptors (Lipinski definition) is 2. The van der Waals surface area contributed by atoms with Crippen molar-refractivity contribution >= 4 is 16.9 Å². The molecule has 4 N–H and O–H groups in total. The number of hydrogen-bond donors (Lipinski definition) is 3. The van der Waals surface area contributed by atoms with Gasteiger partial charge >= 0.3 is 5.97 Å². The first-order chi connectivity index (χ1) is 8.20. The van der Waals surface area contributed by atoms with E-state index in [0.29, 0.717) is 13.0 Å². The third kappa shape index (κ3) is 2.47. The Bertz CT molecular complexity index is 617. The molecule has 2 rings (SSSR count). The third-order valence-corrected chi connectivity index (χ3v) is 2.35. The summed E-state index contributed by atoms with van der Waals surface area (Å²) in [5.41, 5.74) is 7.16. The second-order valence-corrected chi connectivity index (χ2v) is 3.63. The van der Waals surface area contributed by atoms with Crippen molar-refractivity contribution in [3.8, 4) is 11.8 Å². The predicted molar refractivity (Wildman–Crippen MR) is 65.8 cm³/mol. The second-order valence-electron chi connectivity index (χ2n) is 3.63. The lowest BCUT2D eigenvalue weighted by atomic mass is 10.1. The molecule has 0 aliphatic heterocycles. The van der Waals surface area contributed by atoms with Crippen LogP contribution in [0, 0.1) is 11.8 Å². The summed E-state index contributed by atoms with van der Waals surface area (Å²) in [6, 6.07) is 7.16. The van der Waals surface area contributed by atoms with Gasteiger partial charge in [-0.3, -0.25) is 0 Å². The Hall–Kier alpha value is -2.25. The Morgan fingerprint density at radius 3 is 2.94 bits per heavy atom. The Labute approximate surface area is 98.4 Å². The van der Waals surface area contributed by atoms with Crippen LogP contribution in [-0.2, 0) is 0 Å². The van der Waals surface area contributed by atoms with Crippen LogP contribution in [0.2, 0.25) is 0 Å². The minimum absolute atomic E-state index is 0.187. The fourth-order valence-electron chi connectivity index (χ4n) is 1.56. The van der Waals surface area contributed by atoms with E-state index in [2.05, 4.69) is 16.8 Å². The van der Waals surface area contributed by atoms with E-state index in [9.17, 15) is 4.79 Å². The molecule has 0 saturated carbocycles. The van der Waals surface area contributed by atoms with Gasteiger partial charge in [0, 0.05) is 29.4 Å². The minimum Gasteiger partial charge on any atom is -0.477 e. The molecule has 0 unspecified atom stereocenters. The molecule has 0 fully saturated rings. The van der Waals surface area contributed by atoms with Crippen LogP contribution in [0.5, 0.6) is 0 Å². The minimum atomic E-state index is -0.961. The maximum atomic E-state index is 10.8. The Morgan fingerprint density at radius 1 is 1.41 bits per heavy atom. The first kappa shape index (κ1) is 11.2. The second kappa shape index (κ2) is 4.73. The first-order valence-electron chi connectivity index (χ1n) is 5.25. The lowest BCUT2D eigenvalue weighted by Crippen LogP contribution is -1.95. The monoisotopic (exact) mass is 228 g/mol. The average molecular weight is 228 g/mol. The van der Waals surface area contributed by atoms with Gasteiger partial charge in [0.05, 0.1) is 0 Å². The summed E-state index contributed by atoms with van der Waals surface area (Å²) in [4.78, 5) is 13.6. The molecule has 0 spiro atoms. The molecule has 4 nitrogen and oxygen atoms in total. The maximum absolute atomic E-state index is 10.8. The summed E-state index contributed by atoms with van der Waals surface area (Å²) in [6.07, 6.45) is 0.656. The van der Waals surface area contributed by atoms with E-state index >= 15 is 0 Å². The number of carboxylic acid groups (broad SMARTS) is 1. The molecule has 0 amide bonds. The maximum Gasteiger partial charge on any atom is 0.352 e. The van der Waals surface area contributed by atoms with Crippen LogP contribution in [0.4, 0.5) is 0 Å². The molecule has 4 heteroatoms. The predicted octanol–water partition coefficient (Wildman–Crippen LogP) is 1.57. The van der Waals surface area contributed by atoms with Gasteiger partial charge in [-0.15, -0.1) is 0 Å². The highest BCUT2D eigenvalue weighted by Gasteiger charge is 2.06. The average Bonchev–Trinajstić information content (AvgIpc) is 2.72. The molecule has 0 atom stereocenters. The molecule has 1 aromatic carbocycles. The van der Waals surface area contributed by atoms with Crippen LogP contribution in [0.15, 0.2) is 24.3 Å². The number of fused-ring (bicyclic) bond motifs is 1. The molecule has 0 aliphatic carbocycles. The van der Waals surface area contributed by atoms with Crippen molar-refractivity contribution in [3.63, 3.8) is 0 Å². The topological polar surface area (TPSA) is 79.1 Å². The van der Waals surface area contributed by atoms with Crippen molar-refractivity contribution in [2.24, 2.45) is 5.73 Å². The Balaban J connectivity index is 2.37. The van der Waals surface area contributed by atoms with Crippen LogP contribution in [0.3, 0.4) is 0 Å². The summed E-state index contributed by atoms with van der Waals surface area (Å²) in [7, 11) is 0. The van der Waals surface area contributed by atoms with E-state index in [4.69, 9.17) is 10.8 Å². The molecule has 0 radical (unpaired) electrons. The number of carboxylic acids is 1. The lowest BCUT2D eigenvalue weighted by Gasteiger charge is -1.91. The van der Waals surface area contributed by atoms with Gasteiger partial charge in [-0.25, -0.2) is 4.79 Å². The molecule has 0 saturated heterocycles. The van der Waals surface area contributed by atoms with Crippen molar-refractivity contribution in [3.05, 3.63) is 35.5 Å². The molecule has 0 aliphatic rings. The molecule has 86 valence electrons. The van der Waals surface area contributed by atoms with E-state index in [-0.39, 0.29) is 5.69 Å². The van der Waals surface area contributed by atoms with Crippen LogP contribution in [0.1, 0.15) is 22.5 Å². The first-order valence-corrected chi connectivity index (χ1v) is 5.25. The zero-order valence-electron chi connectivity index (χ0n) is 9.16. The standard InChI is InChI=1S/C13H12N2O2/c14-6-2-1-3-9-4-5-10-8-12(13(16)17)15-11(10)7-9/h4-5,7-8,15H,2,6,14H2,(H,16,17). The summed E-state index contributed by atoms with van der Waals surface area (Å²) in [6.45, 7) is 0.543. The molecular weight excluding hydrogens is 216 g/mol. The highest BCUT2D eigenvalue weighted by Crippen LogP contribution is 2.16. The number of benzene rings is 1. The van der Waals surface area contributed by atoms with Crippen LogP contribution in [0.25, 0.3) is 10.9 Å². The van der Waals surface area contributed by atoms with E-state index in [0.717, 1.165) is 16.5 Å². The van der Waals surface area contributed by atoms with Gasteiger partial charge in [0.1, 0.15) is 5.69 Å². The summed E-state index contributed by atoms with van der Waals surface area (Å²) in [5.74, 6) is 4.96. The van der Waals surface area contributed by atoms with Crippen molar-refractivity contribution in [1.29, 1.82) is 0 Å². The molecular formula is C13H12N2O2. The van der Waals surface area contributed by atoms with Gasteiger partial charge in [-0.1, -0.05) is 17.9 Å². The van der Waals surface area contributed by atoms with E-state index in [1.165, 1.54) is 0 Å². The number of rotatable bonds is 2. The Morgan fingerprint density at radius 2 is 2.24 bits per heavy atom. The summed E-state index contributed by atoms with van der Waals surface area (Å²) >= 11 is 0. The smallest absolute Gasteiger partial charge is 0.352 e. The van der Waals surface area contributed by atoms with E-state index in [1.807, 2.05) is 18.2 Å². The van der Waals surface area contributed by atoms with Crippen LogP contribution in [-0.4, -0.2) is 22.6 Å². The highest BCUT2D eigenvalue weighted by molar-refractivity contribution is 5.94. The number of aromatic amines is 1. The molecule has 1 heterocycles.